The molecule has 0 amide bonds. The zero-order valence-electron chi connectivity index (χ0n) is 13.6. The Morgan fingerprint density at radius 3 is 2.90 bits per heavy atom. The molecular weight excluding hydrogens is 266 g/mol. The van der Waals surface area contributed by atoms with Gasteiger partial charge in [-0.3, -0.25) is 4.79 Å². The van der Waals surface area contributed by atoms with E-state index in [-0.39, 0.29) is 35.6 Å². The number of rotatable bonds is 2. The zero-order chi connectivity index (χ0) is 15.2. The van der Waals surface area contributed by atoms with E-state index >= 15 is 0 Å². The Kier molecular flexibility index (Phi) is 3.87. The average molecular weight is 293 g/mol. The van der Waals surface area contributed by atoms with Crippen molar-refractivity contribution in [3.63, 3.8) is 0 Å². The van der Waals surface area contributed by atoms with Crippen LogP contribution in [0, 0.1) is 11.8 Å². The second kappa shape index (κ2) is 5.40. The van der Waals surface area contributed by atoms with Crippen molar-refractivity contribution < 1.29 is 14.3 Å². The third-order valence-corrected chi connectivity index (χ3v) is 5.30. The van der Waals surface area contributed by atoms with E-state index in [1.165, 1.54) is 5.57 Å². The molecule has 0 N–H and O–H groups in total. The summed E-state index contributed by atoms with van der Waals surface area (Å²) in [7, 11) is 4.04. The maximum Gasteiger partial charge on any atom is 0.311 e. The van der Waals surface area contributed by atoms with Crippen LogP contribution in [-0.4, -0.2) is 49.3 Å². The van der Waals surface area contributed by atoms with Crippen LogP contribution in [0.3, 0.4) is 0 Å². The number of ether oxygens (including phenoxy) is 2. The normalized spacial score (nSPS) is 42.9. The Morgan fingerprint density at radius 1 is 1.43 bits per heavy atom. The first-order valence-corrected chi connectivity index (χ1v) is 8.09. The van der Waals surface area contributed by atoms with Gasteiger partial charge in [0.2, 0.25) is 0 Å². The molecule has 21 heavy (non-hydrogen) atoms. The molecule has 2 heterocycles. The van der Waals surface area contributed by atoms with Gasteiger partial charge in [0.05, 0.1) is 11.5 Å². The van der Waals surface area contributed by atoms with Gasteiger partial charge in [0.1, 0.15) is 12.2 Å². The number of fused-ring (bicyclic) bond motifs is 3. The van der Waals surface area contributed by atoms with Gasteiger partial charge in [-0.05, 0) is 53.6 Å². The topological polar surface area (TPSA) is 42.1 Å². The molecule has 0 radical (unpaired) electrons. The quantitative estimate of drug-likeness (QED) is 0.445. The first-order chi connectivity index (χ1) is 9.90. The zero-order valence-corrected chi connectivity index (χ0v) is 13.6. The summed E-state index contributed by atoms with van der Waals surface area (Å²) in [6.07, 6.45) is 6.56. The molecule has 4 heteroatoms. The van der Waals surface area contributed by atoms with E-state index in [4.69, 9.17) is 9.47 Å². The van der Waals surface area contributed by atoms with Crippen LogP contribution in [0.15, 0.2) is 11.6 Å². The van der Waals surface area contributed by atoms with Crippen LogP contribution in [0.25, 0.3) is 0 Å². The van der Waals surface area contributed by atoms with Crippen molar-refractivity contribution in [1.82, 2.24) is 4.90 Å². The molecule has 0 saturated carbocycles. The summed E-state index contributed by atoms with van der Waals surface area (Å²) in [6, 6.07) is 0. The molecule has 0 spiro atoms. The second-order valence-corrected chi connectivity index (χ2v) is 7.41. The lowest BCUT2D eigenvalue weighted by Crippen LogP contribution is -2.34. The standard InChI is InChI=1S/C17H27NO3/c1-11-6-5-9-17(2)15(21-17)14-12(8-7-11)13(10-18(3)4)16(19)20-14/h6,12-15H,5,7-10H2,1-4H3/t12?,13-,14+,15-,17-/m1/s1. The lowest BCUT2D eigenvalue weighted by atomic mass is 9.80. The van der Waals surface area contributed by atoms with Crippen LogP contribution >= 0.6 is 0 Å². The predicted molar refractivity (Wildman–Crippen MR) is 80.9 cm³/mol. The molecule has 1 unspecified atom stereocenters. The van der Waals surface area contributed by atoms with E-state index in [0.717, 1.165) is 32.2 Å². The minimum atomic E-state index is -0.0929. The summed E-state index contributed by atoms with van der Waals surface area (Å²) < 4.78 is 11.7. The van der Waals surface area contributed by atoms with Crippen molar-refractivity contribution in [2.45, 2.75) is 57.3 Å². The number of hydrogen-bond donors (Lipinski definition) is 0. The highest BCUT2D eigenvalue weighted by Crippen LogP contribution is 2.50. The lowest BCUT2D eigenvalue weighted by Gasteiger charge is -2.23. The predicted octanol–water partition coefficient (Wildman–Crippen LogP) is 2.38. The molecule has 1 aliphatic carbocycles. The van der Waals surface area contributed by atoms with E-state index in [1.807, 2.05) is 14.1 Å². The number of nitrogens with zero attached hydrogens (tertiary/aromatic N) is 1. The van der Waals surface area contributed by atoms with Crippen LogP contribution in [0.4, 0.5) is 0 Å². The number of carbonyl (C=O) groups excluding carboxylic acids is 1. The number of allylic oxidation sites excluding steroid dienone is 2. The molecule has 5 atom stereocenters. The molecule has 118 valence electrons. The number of carbonyl (C=O) groups is 1. The summed E-state index contributed by atoms with van der Waals surface area (Å²) in [5.41, 5.74) is 1.34. The SMILES string of the molecule is CC1=CCC[C@@]2(C)O[C@@H]2[C@H]2OC(=O)[C@H](CN(C)C)C2CC1. The van der Waals surface area contributed by atoms with E-state index in [9.17, 15) is 4.79 Å². The van der Waals surface area contributed by atoms with Crippen LogP contribution < -0.4 is 0 Å². The Hall–Kier alpha value is -0.870. The van der Waals surface area contributed by atoms with Crippen molar-refractivity contribution in [2.24, 2.45) is 11.8 Å². The van der Waals surface area contributed by atoms with Crippen molar-refractivity contribution in [3.8, 4) is 0 Å². The Labute approximate surface area is 127 Å². The molecular formula is C17H27NO3. The fourth-order valence-corrected chi connectivity index (χ4v) is 3.94. The number of epoxide rings is 1. The van der Waals surface area contributed by atoms with Crippen molar-refractivity contribution >= 4 is 5.97 Å². The maximum atomic E-state index is 12.3. The fourth-order valence-electron chi connectivity index (χ4n) is 3.94. The summed E-state index contributed by atoms with van der Waals surface area (Å²) in [5.74, 6) is 0.247. The van der Waals surface area contributed by atoms with E-state index in [1.54, 1.807) is 0 Å². The number of esters is 1. The minimum absolute atomic E-state index is 0.00863. The van der Waals surface area contributed by atoms with Crippen LogP contribution in [-0.2, 0) is 14.3 Å². The molecule has 0 aromatic carbocycles. The van der Waals surface area contributed by atoms with Gasteiger partial charge < -0.3 is 14.4 Å². The number of hydrogen-bond acceptors (Lipinski definition) is 4. The third kappa shape index (κ3) is 2.88. The van der Waals surface area contributed by atoms with Crippen molar-refractivity contribution in [2.75, 3.05) is 20.6 Å². The molecule has 2 aliphatic heterocycles. The first-order valence-electron chi connectivity index (χ1n) is 8.09. The third-order valence-electron chi connectivity index (χ3n) is 5.30. The van der Waals surface area contributed by atoms with Gasteiger partial charge in [0.25, 0.3) is 0 Å². The van der Waals surface area contributed by atoms with Crippen LogP contribution in [0.5, 0.6) is 0 Å². The Balaban J connectivity index is 1.83. The second-order valence-electron chi connectivity index (χ2n) is 7.41. The molecule has 3 rings (SSSR count). The van der Waals surface area contributed by atoms with Gasteiger partial charge >= 0.3 is 5.97 Å². The van der Waals surface area contributed by atoms with Crippen molar-refractivity contribution in [1.29, 1.82) is 0 Å². The molecule has 0 aromatic heterocycles. The smallest absolute Gasteiger partial charge is 0.311 e. The molecule has 4 nitrogen and oxygen atoms in total. The minimum Gasteiger partial charge on any atom is -0.459 e. The van der Waals surface area contributed by atoms with Gasteiger partial charge in [-0.2, -0.15) is 0 Å². The molecule has 3 aliphatic rings. The highest BCUT2D eigenvalue weighted by Gasteiger charge is 2.62. The van der Waals surface area contributed by atoms with Crippen LogP contribution in [0.1, 0.15) is 39.5 Å². The van der Waals surface area contributed by atoms with Crippen LogP contribution in [0.2, 0.25) is 0 Å². The molecule has 0 bridgehead atoms. The largest absolute Gasteiger partial charge is 0.459 e. The van der Waals surface area contributed by atoms with Gasteiger partial charge in [-0.15, -0.1) is 0 Å². The van der Waals surface area contributed by atoms with Gasteiger partial charge in [-0.1, -0.05) is 11.6 Å². The summed E-state index contributed by atoms with van der Waals surface area (Å²) in [5, 5.41) is 0. The average Bonchev–Trinajstić information content (AvgIpc) is 2.97. The highest BCUT2D eigenvalue weighted by molar-refractivity contribution is 5.75. The summed E-state index contributed by atoms with van der Waals surface area (Å²) in [4.78, 5) is 14.4. The first kappa shape index (κ1) is 15.0. The van der Waals surface area contributed by atoms with Crippen molar-refractivity contribution in [3.05, 3.63) is 11.6 Å². The van der Waals surface area contributed by atoms with E-state index in [2.05, 4.69) is 24.8 Å². The van der Waals surface area contributed by atoms with E-state index < -0.39 is 0 Å². The monoisotopic (exact) mass is 293 g/mol. The molecule has 0 aromatic rings. The van der Waals surface area contributed by atoms with E-state index in [0.29, 0.717) is 0 Å². The Bertz CT molecular complexity index is 459. The van der Waals surface area contributed by atoms with Gasteiger partial charge in [-0.25, -0.2) is 0 Å². The lowest BCUT2D eigenvalue weighted by molar-refractivity contribution is -0.145. The van der Waals surface area contributed by atoms with Gasteiger partial charge in [0, 0.05) is 12.5 Å². The molecule has 2 saturated heterocycles. The summed E-state index contributed by atoms with van der Waals surface area (Å²) >= 11 is 0. The highest BCUT2D eigenvalue weighted by atomic mass is 16.6. The molecule has 2 fully saturated rings. The van der Waals surface area contributed by atoms with Gasteiger partial charge in [0.15, 0.2) is 0 Å². The Morgan fingerprint density at radius 2 is 2.19 bits per heavy atom. The fraction of sp³-hybridized carbons (Fsp3) is 0.824. The summed E-state index contributed by atoms with van der Waals surface area (Å²) in [6.45, 7) is 5.13. The maximum absolute atomic E-state index is 12.3.